The monoisotopic (exact) mass is 213 g/mol. The summed E-state index contributed by atoms with van der Waals surface area (Å²) in [6.45, 7) is 0. The Hall–Kier alpha value is -0.640. The fraction of sp³-hybridized carbons (Fsp3) is 0.429. The van der Waals surface area contributed by atoms with E-state index in [0.717, 1.165) is 5.56 Å². The number of hydrogen-bond donors (Lipinski definition) is 1. The molecule has 0 atom stereocenters. The highest BCUT2D eigenvalue weighted by Gasteiger charge is 2.26. The topological polar surface area (TPSA) is 51.8 Å². The van der Waals surface area contributed by atoms with Crippen LogP contribution in [0, 0.1) is 0 Å². The van der Waals surface area contributed by atoms with Crippen LogP contribution in [0.1, 0.15) is 24.3 Å². The van der Waals surface area contributed by atoms with Crippen molar-refractivity contribution < 1.29 is 0 Å². The van der Waals surface area contributed by atoms with E-state index >= 15 is 0 Å². The quantitative estimate of drug-likeness (QED) is 0.723. The normalized spacial score (nSPS) is 16.8. The minimum atomic E-state index is 0.569. The zero-order valence-corrected chi connectivity index (χ0v) is 7.50. The molecule has 1 aliphatic carbocycles. The molecule has 0 unspecified atom stereocenters. The predicted octanol–water partition coefficient (Wildman–Crippen LogP) is 1.70. The van der Waals surface area contributed by atoms with Crippen LogP contribution < -0.4 is 5.73 Å². The number of hydrogen-bond acceptors (Lipinski definition) is 3. The third-order valence-electron chi connectivity index (χ3n) is 1.84. The highest BCUT2D eigenvalue weighted by molar-refractivity contribution is 9.10. The van der Waals surface area contributed by atoms with Crippen LogP contribution in [-0.4, -0.2) is 9.97 Å². The van der Waals surface area contributed by atoms with Gasteiger partial charge in [0.05, 0.1) is 0 Å². The van der Waals surface area contributed by atoms with E-state index in [1.807, 2.05) is 6.20 Å². The second-order valence-electron chi connectivity index (χ2n) is 2.75. The Kier molecular flexibility index (Phi) is 1.56. The fourth-order valence-corrected chi connectivity index (χ4v) is 1.38. The lowest BCUT2D eigenvalue weighted by molar-refractivity contribution is 1.02. The van der Waals surface area contributed by atoms with Gasteiger partial charge in [-0.3, -0.25) is 0 Å². The van der Waals surface area contributed by atoms with Crippen molar-refractivity contribution in [2.45, 2.75) is 18.8 Å². The number of nitrogen functional groups attached to an aromatic ring is 1. The molecule has 1 aliphatic rings. The Bertz CT molecular complexity index is 283. The third kappa shape index (κ3) is 1.35. The maximum absolute atomic E-state index is 5.68. The molecule has 0 radical (unpaired) electrons. The predicted molar refractivity (Wildman–Crippen MR) is 46.1 cm³/mol. The molecule has 1 heterocycles. The van der Waals surface area contributed by atoms with Gasteiger partial charge in [-0.05, 0) is 34.7 Å². The van der Waals surface area contributed by atoms with Gasteiger partial charge in [0.25, 0.3) is 0 Å². The van der Waals surface area contributed by atoms with Gasteiger partial charge < -0.3 is 5.73 Å². The molecular formula is C7H8BrN3. The first-order chi connectivity index (χ1) is 5.27. The van der Waals surface area contributed by atoms with E-state index in [1.165, 1.54) is 12.8 Å². The van der Waals surface area contributed by atoms with Crippen LogP contribution in [-0.2, 0) is 0 Å². The van der Waals surface area contributed by atoms with E-state index in [-0.39, 0.29) is 0 Å². The van der Waals surface area contributed by atoms with Crippen molar-refractivity contribution in [2.75, 3.05) is 5.73 Å². The van der Waals surface area contributed by atoms with Gasteiger partial charge in [-0.15, -0.1) is 0 Å². The van der Waals surface area contributed by atoms with Gasteiger partial charge in [0.2, 0.25) is 0 Å². The molecule has 1 saturated carbocycles. The summed E-state index contributed by atoms with van der Waals surface area (Å²) in [6, 6.07) is 0. The molecule has 0 aliphatic heterocycles. The maximum Gasteiger partial charge on any atom is 0.198 e. The van der Waals surface area contributed by atoms with E-state index in [1.54, 1.807) is 0 Å². The molecule has 1 fully saturated rings. The Balaban J connectivity index is 2.39. The molecule has 0 bridgehead atoms. The lowest BCUT2D eigenvalue weighted by Crippen LogP contribution is -1.98. The van der Waals surface area contributed by atoms with E-state index < -0.39 is 0 Å². The molecule has 2 rings (SSSR count). The first kappa shape index (κ1) is 7.03. The third-order valence-corrected chi connectivity index (χ3v) is 2.22. The van der Waals surface area contributed by atoms with Gasteiger partial charge >= 0.3 is 0 Å². The van der Waals surface area contributed by atoms with Crippen LogP contribution in [0.3, 0.4) is 0 Å². The zero-order chi connectivity index (χ0) is 7.84. The van der Waals surface area contributed by atoms with Crippen molar-refractivity contribution in [1.29, 1.82) is 0 Å². The van der Waals surface area contributed by atoms with Gasteiger partial charge in [-0.25, -0.2) is 9.97 Å². The maximum atomic E-state index is 5.68. The minimum absolute atomic E-state index is 0.569. The Morgan fingerprint density at radius 2 is 2.27 bits per heavy atom. The lowest BCUT2D eigenvalue weighted by atomic mass is 10.2. The van der Waals surface area contributed by atoms with Crippen molar-refractivity contribution in [3.8, 4) is 0 Å². The molecule has 11 heavy (non-hydrogen) atoms. The summed E-state index contributed by atoms with van der Waals surface area (Å²) < 4.78 is 0.569. The van der Waals surface area contributed by atoms with E-state index in [9.17, 15) is 0 Å². The van der Waals surface area contributed by atoms with Crippen LogP contribution in [0.15, 0.2) is 10.9 Å². The van der Waals surface area contributed by atoms with E-state index in [2.05, 4.69) is 25.9 Å². The Morgan fingerprint density at radius 3 is 2.82 bits per heavy atom. The molecule has 58 valence electrons. The molecule has 0 spiro atoms. The summed E-state index contributed by atoms with van der Waals surface area (Å²) in [6.07, 6.45) is 4.27. The van der Waals surface area contributed by atoms with Crippen molar-refractivity contribution in [1.82, 2.24) is 9.97 Å². The molecule has 0 saturated heterocycles. The molecular weight excluding hydrogens is 206 g/mol. The molecule has 0 aromatic carbocycles. The number of rotatable bonds is 1. The van der Waals surface area contributed by atoms with Crippen molar-refractivity contribution in [2.24, 2.45) is 0 Å². The van der Waals surface area contributed by atoms with Gasteiger partial charge in [0.15, 0.2) is 4.73 Å². The molecule has 4 heteroatoms. The number of aromatic nitrogens is 2. The summed E-state index contributed by atoms with van der Waals surface area (Å²) in [5.41, 5.74) is 6.79. The van der Waals surface area contributed by atoms with Crippen LogP contribution in [0.5, 0.6) is 0 Å². The minimum Gasteiger partial charge on any atom is -0.383 e. The SMILES string of the molecule is Nc1nc(Br)ncc1C1CC1. The number of anilines is 1. The number of nitrogens with two attached hydrogens (primary N) is 1. The molecule has 0 amide bonds. The van der Waals surface area contributed by atoms with Crippen LogP contribution in [0.2, 0.25) is 0 Å². The zero-order valence-electron chi connectivity index (χ0n) is 5.92. The Labute approximate surface area is 73.2 Å². The van der Waals surface area contributed by atoms with Crippen molar-refractivity contribution >= 4 is 21.7 Å². The van der Waals surface area contributed by atoms with Crippen LogP contribution in [0.4, 0.5) is 5.82 Å². The molecule has 1 aromatic heterocycles. The summed E-state index contributed by atoms with van der Waals surface area (Å²) in [5, 5.41) is 0. The summed E-state index contributed by atoms with van der Waals surface area (Å²) >= 11 is 3.16. The van der Waals surface area contributed by atoms with Crippen LogP contribution >= 0.6 is 15.9 Å². The molecule has 1 aromatic rings. The van der Waals surface area contributed by atoms with Crippen molar-refractivity contribution in [3.63, 3.8) is 0 Å². The fourth-order valence-electron chi connectivity index (χ4n) is 1.09. The van der Waals surface area contributed by atoms with Gasteiger partial charge in [0.1, 0.15) is 5.82 Å². The number of halogens is 1. The summed E-state index contributed by atoms with van der Waals surface area (Å²) in [7, 11) is 0. The summed E-state index contributed by atoms with van der Waals surface area (Å²) in [5.74, 6) is 1.25. The second-order valence-corrected chi connectivity index (χ2v) is 3.46. The number of nitrogens with zero attached hydrogens (tertiary/aromatic N) is 2. The summed E-state index contributed by atoms with van der Waals surface area (Å²) in [4.78, 5) is 8.04. The molecule has 2 N–H and O–H groups in total. The average molecular weight is 214 g/mol. The first-order valence-electron chi connectivity index (χ1n) is 3.55. The largest absolute Gasteiger partial charge is 0.383 e. The van der Waals surface area contributed by atoms with Gasteiger partial charge in [-0.2, -0.15) is 0 Å². The van der Waals surface area contributed by atoms with Gasteiger partial charge in [0, 0.05) is 11.8 Å². The second kappa shape index (κ2) is 2.44. The average Bonchev–Trinajstić information content (AvgIpc) is 2.70. The lowest BCUT2D eigenvalue weighted by Gasteiger charge is -2.00. The van der Waals surface area contributed by atoms with E-state index in [0.29, 0.717) is 16.5 Å². The molecule has 3 nitrogen and oxygen atoms in total. The Morgan fingerprint density at radius 1 is 1.55 bits per heavy atom. The van der Waals surface area contributed by atoms with Gasteiger partial charge in [-0.1, -0.05) is 0 Å². The van der Waals surface area contributed by atoms with Crippen LogP contribution in [0.25, 0.3) is 0 Å². The van der Waals surface area contributed by atoms with E-state index in [4.69, 9.17) is 5.73 Å². The highest BCUT2D eigenvalue weighted by atomic mass is 79.9. The highest BCUT2D eigenvalue weighted by Crippen LogP contribution is 2.41. The first-order valence-corrected chi connectivity index (χ1v) is 4.34. The van der Waals surface area contributed by atoms with Crippen molar-refractivity contribution in [3.05, 3.63) is 16.5 Å². The smallest absolute Gasteiger partial charge is 0.198 e. The standard InChI is InChI=1S/C7H8BrN3/c8-7-10-3-5(4-1-2-4)6(9)11-7/h3-4H,1-2H2,(H2,9,10,11).